The molecule has 122 valence electrons. The SMILES string of the molecule is Oc1c([C@@H](c2cccnc2)N2CCCCC2)ccc2cccnc12. The predicted molar refractivity (Wildman–Crippen MR) is 94.9 cm³/mol. The summed E-state index contributed by atoms with van der Waals surface area (Å²) < 4.78 is 0. The van der Waals surface area contributed by atoms with Crippen LogP contribution in [0.4, 0.5) is 0 Å². The summed E-state index contributed by atoms with van der Waals surface area (Å²) in [6, 6.07) is 12.0. The summed E-state index contributed by atoms with van der Waals surface area (Å²) in [6.45, 7) is 2.08. The van der Waals surface area contributed by atoms with Gasteiger partial charge in [0.2, 0.25) is 0 Å². The van der Waals surface area contributed by atoms with Crippen LogP contribution in [0.5, 0.6) is 5.75 Å². The Kier molecular flexibility index (Phi) is 4.13. The number of benzene rings is 1. The van der Waals surface area contributed by atoms with Crippen LogP contribution in [0.3, 0.4) is 0 Å². The molecular formula is C20H21N3O. The fourth-order valence-electron chi connectivity index (χ4n) is 3.67. The maximum Gasteiger partial charge on any atom is 0.146 e. The molecule has 4 nitrogen and oxygen atoms in total. The van der Waals surface area contributed by atoms with E-state index in [9.17, 15) is 5.11 Å². The van der Waals surface area contributed by atoms with Gasteiger partial charge in [0.05, 0.1) is 6.04 Å². The van der Waals surface area contributed by atoms with Crippen molar-refractivity contribution in [2.75, 3.05) is 13.1 Å². The summed E-state index contributed by atoms with van der Waals surface area (Å²) in [5.74, 6) is 0.285. The number of pyridine rings is 2. The lowest BCUT2D eigenvalue weighted by Crippen LogP contribution is -2.34. The van der Waals surface area contributed by atoms with Crippen molar-refractivity contribution in [2.45, 2.75) is 25.3 Å². The predicted octanol–water partition coefficient (Wildman–Crippen LogP) is 3.91. The number of hydrogen-bond donors (Lipinski definition) is 1. The van der Waals surface area contributed by atoms with Crippen molar-refractivity contribution in [3.63, 3.8) is 0 Å². The lowest BCUT2D eigenvalue weighted by molar-refractivity contribution is 0.185. The summed E-state index contributed by atoms with van der Waals surface area (Å²) in [4.78, 5) is 11.1. The Morgan fingerprint density at radius 3 is 2.58 bits per heavy atom. The minimum absolute atomic E-state index is 0.0189. The highest BCUT2D eigenvalue weighted by Gasteiger charge is 2.27. The van der Waals surface area contributed by atoms with Crippen LogP contribution in [0.25, 0.3) is 10.9 Å². The molecule has 0 amide bonds. The van der Waals surface area contributed by atoms with Crippen molar-refractivity contribution in [1.29, 1.82) is 0 Å². The zero-order valence-electron chi connectivity index (χ0n) is 13.6. The van der Waals surface area contributed by atoms with Gasteiger partial charge in [0.1, 0.15) is 11.3 Å². The van der Waals surface area contributed by atoms with Gasteiger partial charge in [0, 0.05) is 29.5 Å². The highest BCUT2D eigenvalue weighted by Crippen LogP contribution is 2.38. The number of piperidine rings is 1. The Morgan fingerprint density at radius 1 is 0.958 bits per heavy atom. The molecule has 0 saturated carbocycles. The zero-order chi connectivity index (χ0) is 16.4. The highest BCUT2D eigenvalue weighted by atomic mass is 16.3. The Bertz CT molecular complexity index is 829. The van der Waals surface area contributed by atoms with E-state index >= 15 is 0 Å². The van der Waals surface area contributed by atoms with Gasteiger partial charge in [-0.25, -0.2) is 0 Å². The smallest absolute Gasteiger partial charge is 0.146 e. The molecule has 3 heterocycles. The third-order valence-electron chi connectivity index (χ3n) is 4.83. The molecule has 0 aliphatic carbocycles. The van der Waals surface area contributed by atoms with E-state index in [1.54, 1.807) is 12.4 Å². The molecule has 1 N–H and O–H groups in total. The van der Waals surface area contributed by atoms with E-state index < -0.39 is 0 Å². The monoisotopic (exact) mass is 319 g/mol. The van der Waals surface area contributed by atoms with Crippen molar-refractivity contribution < 1.29 is 5.11 Å². The summed E-state index contributed by atoms with van der Waals surface area (Å²) in [6.07, 6.45) is 9.10. The van der Waals surface area contributed by atoms with Gasteiger partial charge < -0.3 is 5.11 Å². The third kappa shape index (κ3) is 2.74. The van der Waals surface area contributed by atoms with Crippen LogP contribution in [0.15, 0.2) is 55.0 Å². The number of rotatable bonds is 3. The lowest BCUT2D eigenvalue weighted by atomic mass is 9.94. The molecule has 3 aromatic rings. The van der Waals surface area contributed by atoms with Crippen LogP contribution in [0.1, 0.15) is 36.4 Å². The van der Waals surface area contributed by atoms with Crippen LogP contribution in [0, 0.1) is 0 Å². The molecule has 1 atom stereocenters. The summed E-state index contributed by atoms with van der Waals surface area (Å²) in [5.41, 5.74) is 2.70. The molecule has 4 rings (SSSR count). The molecule has 0 radical (unpaired) electrons. The molecule has 1 saturated heterocycles. The summed E-state index contributed by atoms with van der Waals surface area (Å²) in [7, 11) is 0. The van der Waals surface area contributed by atoms with Gasteiger partial charge in [-0.05, 0) is 43.6 Å². The first-order valence-corrected chi connectivity index (χ1v) is 8.55. The van der Waals surface area contributed by atoms with Gasteiger partial charge in [-0.2, -0.15) is 0 Å². The van der Waals surface area contributed by atoms with E-state index in [-0.39, 0.29) is 11.8 Å². The maximum atomic E-state index is 10.9. The van der Waals surface area contributed by atoms with E-state index in [2.05, 4.69) is 20.9 Å². The van der Waals surface area contributed by atoms with Crippen molar-refractivity contribution >= 4 is 10.9 Å². The van der Waals surface area contributed by atoms with Crippen LogP contribution in [-0.2, 0) is 0 Å². The first-order chi connectivity index (χ1) is 11.8. The summed E-state index contributed by atoms with van der Waals surface area (Å²) in [5, 5.41) is 11.9. The van der Waals surface area contributed by atoms with Crippen molar-refractivity contribution in [3.05, 3.63) is 66.1 Å². The molecule has 1 fully saturated rings. The topological polar surface area (TPSA) is 49.3 Å². The molecule has 2 aromatic heterocycles. The van der Waals surface area contributed by atoms with E-state index in [1.807, 2.05) is 36.5 Å². The summed E-state index contributed by atoms with van der Waals surface area (Å²) >= 11 is 0. The minimum atomic E-state index is 0.0189. The fourth-order valence-corrected chi connectivity index (χ4v) is 3.67. The normalized spacial score (nSPS) is 17.0. The first-order valence-electron chi connectivity index (χ1n) is 8.55. The van der Waals surface area contributed by atoms with Crippen LogP contribution in [-0.4, -0.2) is 33.1 Å². The molecule has 0 spiro atoms. The van der Waals surface area contributed by atoms with E-state index in [4.69, 9.17) is 0 Å². The quantitative estimate of drug-likeness (QED) is 0.795. The number of phenols is 1. The van der Waals surface area contributed by atoms with Gasteiger partial charge in [0.15, 0.2) is 0 Å². The zero-order valence-corrected chi connectivity index (χ0v) is 13.6. The number of nitrogens with zero attached hydrogens (tertiary/aromatic N) is 3. The highest BCUT2D eigenvalue weighted by molar-refractivity contribution is 5.85. The molecule has 1 aliphatic heterocycles. The van der Waals surface area contributed by atoms with Gasteiger partial charge in [-0.1, -0.05) is 30.7 Å². The van der Waals surface area contributed by atoms with Crippen molar-refractivity contribution in [2.24, 2.45) is 0 Å². The number of phenolic OH excluding ortho intramolecular Hbond substituents is 1. The Morgan fingerprint density at radius 2 is 1.79 bits per heavy atom. The molecule has 0 bridgehead atoms. The van der Waals surface area contributed by atoms with E-state index in [0.29, 0.717) is 5.52 Å². The molecule has 24 heavy (non-hydrogen) atoms. The van der Waals surface area contributed by atoms with E-state index in [0.717, 1.165) is 29.6 Å². The van der Waals surface area contributed by atoms with Crippen molar-refractivity contribution in [3.8, 4) is 5.75 Å². The van der Waals surface area contributed by atoms with Gasteiger partial charge >= 0.3 is 0 Å². The number of fused-ring (bicyclic) bond motifs is 1. The molecular weight excluding hydrogens is 298 g/mol. The van der Waals surface area contributed by atoms with Gasteiger partial charge in [0.25, 0.3) is 0 Å². The van der Waals surface area contributed by atoms with E-state index in [1.165, 1.54) is 19.3 Å². The number of likely N-dealkylation sites (tertiary alicyclic amines) is 1. The Hall–Kier alpha value is -2.46. The molecule has 4 heteroatoms. The minimum Gasteiger partial charge on any atom is -0.505 e. The third-order valence-corrected chi connectivity index (χ3v) is 4.83. The second-order valence-corrected chi connectivity index (χ2v) is 6.36. The van der Waals surface area contributed by atoms with Crippen molar-refractivity contribution in [1.82, 2.24) is 14.9 Å². The van der Waals surface area contributed by atoms with Gasteiger partial charge in [-0.15, -0.1) is 0 Å². The first kappa shape index (κ1) is 15.1. The standard InChI is InChI=1S/C20H21N3O/c24-20-17(9-8-15-6-5-11-22-18(15)20)19(16-7-4-10-21-14-16)23-12-2-1-3-13-23/h4-11,14,19,24H,1-3,12-13H2/t19-/m1/s1. The molecule has 0 unspecified atom stereocenters. The number of aromatic nitrogens is 2. The number of hydrogen-bond acceptors (Lipinski definition) is 4. The Labute approximate surface area is 141 Å². The van der Waals surface area contributed by atoms with Crippen LogP contribution in [0.2, 0.25) is 0 Å². The van der Waals surface area contributed by atoms with Crippen LogP contribution < -0.4 is 0 Å². The second-order valence-electron chi connectivity index (χ2n) is 6.36. The molecule has 1 aliphatic rings. The average molecular weight is 319 g/mol. The fraction of sp³-hybridized carbons (Fsp3) is 0.300. The second kappa shape index (κ2) is 6.57. The lowest BCUT2D eigenvalue weighted by Gasteiger charge is -2.35. The van der Waals surface area contributed by atoms with Crippen LogP contribution >= 0.6 is 0 Å². The maximum absolute atomic E-state index is 10.9. The largest absolute Gasteiger partial charge is 0.505 e. The Balaban J connectivity index is 1.85. The molecule has 1 aromatic carbocycles. The van der Waals surface area contributed by atoms with Gasteiger partial charge in [-0.3, -0.25) is 14.9 Å². The average Bonchev–Trinajstić information content (AvgIpc) is 2.66. The number of aromatic hydroxyl groups is 1.